The van der Waals surface area contributed by atoms with Gasteiger partial charge in [-0.1, -0.05) is 12.7 Å². The Kier molecular flexibility index (Phi) is 3.08. The van der Waals surface area contributed by atoms with E-state index >= 15 is 0 Å². The molecule has 0 aliphatic carbocycles. The molecule has 0 radical (unpaired) electrons. The molecule has 0 aliphatic rings. The van der Waals surface area contributed by atoms with Gasteiger partial charge < -0.3 is 5.11 Å². The number of aliphatic hydroxyl groups excluding tert-OH is 1. The second-order valence-corrected chi connectivity index (χ2v) is 3.50. The number of rotatable bonds is 2. The largest absolute Gasteiger partial charge is 0.392 e. The van der Waals surface area contributed by atoms with Crippen molar-refractivity contribution >= 4 is 28.7 Å². The Morgan fingerprint density at radius 2 is 2.18 bits per heavy atom. The molecule has 0 heterocycles. The highest BCUT2D eigenvalue weighted by Crippen LogP contribution is 2.13. The fraction of sp³-hybridized carbons (Fsp3) is 0.111. The zero-order valence-electron chi connectivity index (χ0n) is 6.05. The van der Waals surface area contributed by atoms with E-state index in [0.29, 0.717) is 0 Å². The second-order valence-electron chi connectivity index (χ2n) is 2.26. The Hall–Kier alpha value is -0.350. The first-order chi connectivity index (χ1) is 5.26. The van der Waals surface area contributed by atoms with Gasteiger partial charge in [0.1, 0.15) is 0 Å². The van der Waals surface area contributed by atoms with Crippen molar-refractivity contribution in [1.82, 2.24) is 0 Å². The average molecular weight is 260 g/mol. The van der Waals surface area contributed by atoms with Crippen LogP contribution in [0.15, 0.2) is 24.8 Å². The first-order valence-electron chi connectivity index (χ1n) is 3.29. The maximum absolute atomic E-state index is 8.84. The van der Waals surface area contributed by atoms with E-state index in [-0.39, 0.29) is 6.61 Å². The van der Waals surface area contributed by atoms with Crippen LogP contribution >= 0.6 is 22.6 Å². The summed E-state index contributed by atoms with van der Waals surface area (Å²) in [4.78, 5) is 0. The molecule has 1 aromatic carbocycles. The molecule has 0 spiro atoms. The summed E-state index contributed by atoms with van der Waals surface area (Å²) < 4.78 is 1.13. The van der Waals surface area contributed by atoms with Gasteiger partial charge in [-0.3, -0.25) is 0 Å². The molecule has 1 nitrogen and oxygen atoms in total. The fourth-order valence-electron chi connectivity index (χ4n) is 0.885. The molecule has 0 saturated heterocycles. The van der Waals surface area contributed by atoms with Crippen molar-refractivity contribution in [2.45, 2.75) is 6.61 Å². The monoisotopic (exact) mass is 260 g/mol. The number of aliphatic hydroxyl groups is 1. The van der Waals surface area contributed by atoms with Gasteiger partial charge in [-0.25, -0.2) is 0 Å². The van der Waals surface area contributed by atoms with Crippen molar-refractivity contribution in [3.63, 3.8) is 0 Å². The third-order valence-electron chi connectivity index (χ3n) is 1.40. The smallest absolute Gasteiger partial charge is 0.0682 e. The molecule has 0 amide bonds. The fourth-order valence-corrected chi connectivity index (χ4v) is 1.64. The molecule has 58 valence electrons. The van der Waals surface area contributed by atoms with Crippen molar-refractivity contribution in [2.75, 3.05) is 0 Å². The van der Waals surface area contributed by atoms with Crippen LogP contribution in [-0.4, -0.2) is 5.11 Å². The van der Waals surface area contributed by atoms with E-state index in [1.807, 2.05) is 18.2 Å². The minimum Gasteiger partial charge on any atom is -0.392 e. The first kappa shape index (κ1) is 8.74. The highest BCUT2D eigenvalue weighted by atomic mass is 127. The van der Waals surface area contributed by atoms with Gasteiger partial charge in [0.2, 0.25) is 0 Å². The van der Waals surface area contributed by atoms with Crippen LogP contribution in [0, 0.1) is 3.57 Å². The minimum absolute atomic E-state index is 0.0949. The Morgan fingerprint density at radius 1 is 1.45 bits per heavy atom. The van der Waals surface area contributed by atoms with Gasteiger partial charge in [0, 0.05) is 3.57 Å². The second kappa shape index (κ2) is 3.88. The molecule has 0 aliphatic heterocycles. The van der Waals surface area contributed by atoms with Crippen molar-refractivity contribution in [3.05, 3.63) is 39.5 Å². The summed E-state index contributed by atoms with van der Waals surface area (Å²) in [5, 5.41) is 8.84. The molecular weight excluding hydrogens is 251 g/mol. The van der Waals surface area contributed by atoms with Gasteiger partial charge in [-0.2, -0.15) is 0 Å². The van der Waals surface area contributed by atoms with Crippen molar-refractivity contribution in [3.8, 4) is 0 Å². The normalized spacial score (nSPS) is 9.64. The van der Waals surface area contributed by atoms with E-state index < -0.39 is 0 Å². The average Bonchev–Trinajstić information content (AvgIpc) is 2.03. The lowest BCUT2D eigenvalue weighted by molar-refractivity contribution is 0.281. The Labute approximate surface area is 79.9 Å². The summed E-state index contributed by atoms with van der Waals surface area (Å²) >= 11 is 2.22. The predicted molar refractivity (Wildman–Crippen MR) is 55.2 cm³/mol. The van der Waals surface area contributed by atoms with Gasteiger partial charge in [0.15, 0.2) is 0 Å². The summed E-state index contributed by atoms with van der Waals surface area (Å²) in [6, 6.07) is 5.90. The van der Waals surface area contributed by atoms with Gasteiger partial charge in [0.05, 0.1) is 6.61 Å². The van der Waals surface area contributed by atoms with E-state index in [1.165, 1.54) is 0 Å². The molecule has 0 fully saturated rings. The molecule has 0 unspecified atom stereocenters. The van der Waals surface area contributed by atoms with Crippen LogP contribution in [0.1, 0.15) is 11.1 Å². The molecule has 11 heavy (non-hydrogen) atoms. The highest BCUT2D eigenvalue weighted by Gasteiger charge is 1.94. The van der Waals surface area contributed by atoms with Crippen molar-refractivity contribution in [2.24, 2.45) is 0 Å². The van der Waals surface area contributed by atoms with Crippen LogP contribution in [-0.2, 0) is 6.61 Å². The van der Waals surface area contributed by atoms with Gasteiger partial charge in [0.25, 0.3) is 0 Å². The summed E-state index contributed by atoms with van der Waals surface area (Å²) in [6.45, 7) is 3.76. The van der Waals surface area contributed by atoms with E-state index in [1.54, 1.807) is 6.08 Å². The lowest BCUT2D eigenvalue weighted by Gasteiger charge is -1.99. The van der Waals surface area contributed by atoms with E-state index in [4.69, 9.17) is 5.11 Å². The van der Waals surface area contributed by atoms with Crippen LogP contribution in [0.5, 0.6) is 0 Å². The topological polar surface area (TPSA) is 20.2 Å². The van der Waals surface area contributed by atoms with Gasteiger partial charge >= 0.3 is 0 Å². The summed E-state index contributed by atoms with van der Waals surface area (Å²) in [6.07, 6.45) is 1.78. The summed E-state index contributed by atoms with van der Waals surface area (Å²) in [5.41, 5.74) is 1.99. The van der Waals surface area contributed by atoms with Crippen LogP contribution in [0.3, 0.4) is 0 Å². The van der Waals surface area contributed by atoms with Crippen molar-refractivity contribution < 1.29 is 5.11 Å². The van der Waals surface area contributed by atoms with Crippen molar-refractivity contribution in [1.29, 1.82) is 0 Å². The Morgan fingerprint density at radius 3 is 2.73 bits per heavy atom. The quantitative estimate of drug-likeness (QED) is 0.809. The molecule has 1 aromatic rings. The van der Waals surface area contributed by atoms with Crippen LogP contribution in [0.4, 0.5) is 0 Å². The van der Waals surface area contributed by atoms with Crippen LogP contribution in [0.25, 0.3) is 6.08 Å². The zero-order valence-corrected chi connectivity index (χ0v) is 8.21. The zero-order chi connectivity index (χ0) is 8.27. The minimum atomic E-state index is 0.0949. The number of hydrogen-bond acceptors (Lipinski definition) is 1. The maximum atomic E-state index is 8.84. The third kappa shape index (κ3) is 2.31. The molecule has 1 N–H and O–H groups in total. The third-order valence-corrected chi connectivity index (χ3v) is 2.02. The first-order valence-corrected chi connectivity index (χ1v) is 4.37. The SMILES string of the molecule is C=Cc1cc(I)cc(CO)c1. The molecule has 0 atom stereocenters. The van der Waals surface area contributed by atoms with Crippen LogP contribution in [0.2, 0.25) is 0 Å². The van der Waals surface area contributed by atoms with E-state index in [2.05, 4.69) is 29.2 Å². The van der Waals surface area contributed by atoms with Gasteiger partial charge in [-0.05, 0) is 51.9 Å². The molecule has 2 heteroatoms. The summed E-state index contributed by atoms with van der Waals surface area (Å²) in [5.74, 6) is 0. The number of hydrogen-bond donors (Lipinski definition) is 1. The molecule has 0 aromatic heterocycles. The lowest BCUT2D eigenvalue weighted by atomic mass is 10.1. The molecule has 0 bridgehead atoms. The van der Waals surface area contributed by atoms with E-state index in [0.717, 1.165) is 14.7 Å². The Bertz CT molecular complexity index is 268. The molecule has 0 saturated carbocycles. The highest BCUT2D eigenvalue weighted by molar-refractivity contribution is 14.1. The Balaban J connectivity index is 3.11. The summed E-state index contributed by atoms with van der Waals surface area (Å²) in [7, 11) is 0. The predicted octanol–water partition coefficient (Wildman–Crippen LogP) is 2.43. The maximum Gasteiger partial charge on any atom is 0.0682 e. The van der Waals surface area contributed by atoms with E-state index in [9.17, 15) is 0 Å². The standard InChI is InChI=1S/C9H9IO/c1-2-7-3-8(6-11)5-9(10)4-7/h2-5,11H,1,6H2. The molecule has 1 rings (SSSR count). The molecular formula is C9H9IO. The lowest BCUT2D eigenvalue weighted by Crippen LogP contribution is -1.85. The van der Waals surface area contributed by atoms with Gasteiger partial charge in [-0.15, -0.1) is 0 Å². The van der Waals surface area contributed by atoms with Crippen LogP contribution < -0.4 is 0 Å². The number of halogens is 1. The number of benzene rings is 1.